The van der Waals surface area contributed by atoms with Crippen molar-refractivity contribution in [2.24, 2.45) is 0 Å². The number of carboxylic acids is 2. The average molecular weight is 559 g/mol. The van der Waals surface area contributed by atoms with Crippen LogP contribution < -0.4 is 10.2 Å². The van der Waals surface area contributed by atoms with Gasteiger partial charge in [0.05, 0.1) is 37.7 Å². The second-order valence-corrected chi connectivity index (χ2v) is 9.92. The lowest BCUT2D eigenvalue weighted by molar-refractivity contribution is -0.121. The number of amides is 3. The number of carbonyl (C=O) groups is 5. The van der Waals surface area contributed by atoms with Crippen molar-refractivity contribution in [3.63, 3.8) is 0 Å². The van der Waals surface area contributed by atoms with Crippen LogP contribution >= 0.6 is 35.0 Å². The van der Waals surface area contributed by atoms with Gasteiger partial charge in [-0.3, -0.25) is 14.4 Å². The molecule has 0 aliphatic carbocycles. The topological polar surface area (TPSA) is 141 Å². The van der Waals surface area contributed by atoms with E-state index >= 15 is 0 Å². The highest BCUT2D eigenvalue weighted by Gasteiger charge is 2.40. The number of nitrogens with zero attached hydrogens (tertiary/aromatic N) is 1. The van der Waals surface area contributed by atoms with Gasteiger partial charge in [-0.2, -0.15) is 0 Å². The molecule has 1 aliphatic heterocycles. The minimum absolute atomic E-state index is 0.0138. The summed E-state index contributed by atoms with van der Waals surface area (Å²) < 4.78 is 0. The van der Waals surface area contributed by atoms with Crippen LogP contribution in [-0.2, 0) is 9.59 Å². The highest BCUT2D eigenvalue weighted by molar-refractivity contribution is 8.00. The molecule has 37 heavy (non-hydrogen) atoms. The molecule has 1 aliphatic rings. The molecule has 0 aromatic heterocycles. The Morgan fingerprint density at radius 3 is 2.19 bits per heavy atom. The first-order valence-corrected chi connectivity index (χ1v) is 12.2. The van der Waals surface area contributed by atoms with E-state index < -0.39 is 29.0 Å². The van der Waals surface area contributed by atoms with E-state index in [1.807, 2.05) is 0 Å². The number of carbonyl (C=O) groups excluding carboxylic acids is 3. The molecule has 4 rings (SSSR count). The molecule has 0 bridgehead atoms. The standard InChI is InChI=1S/C25H16Cl2N2O7S/c26-18-8-4-14(10-19(18)27)29-21(30)11-20(23(29)32)37-15-5-2-13(3-6-15)28-22(31)17-9-12(24(33)34)1-7-16(17)25(35)36/h1-10,20H,11H2,(H,28,31)(H,33,34)(H,35,36)/t20-/m0/s1. The molecule has 3 aromatic rings. The fourth-order valence-corrected chi connectivity index (χ4v) is 4.97. The maximum Gasteiger partial charge on any atom is 0.336 e. The van der Waals surface area contributed by atoms with E-state index in [-0.39, 0.29) is 34.0 Å². The SMILES string of the molecule is O=C(O)c1ccc(C(=O)O)c(C(=O)Nc2ccc(S[C@H]3CC(=O)N(c4ccc(Cl)c(Cl)c4)C3=O)cc2)c1. The van der Waals surface area contributed by atoms with E-state index in [0.717, 1.165) is 23.1 Å². The zero-order valence-corrected chi connectivity index (χ0v) is 20.9. The number of imide groups is 1. The smallest absolute Gasteiger partial charge is 0.336 e. The van der Waals surface area contributed by atoms with E-state index in [2.05, 4.69) is 5.32 Å². The van der Waals surface area contributed by atoms with Gasteiger partial charge in [0.1, 0.15) is 0 Å². The summed E-state index contributed by atoms with van der Waals surface area (Å²) in [6, 6.07) is 14.0. The molecule has 0 saturated carbocycles. The predicted octanol–water partition coefficient (Wildman–Crippen LogP) is 5.07. The Hall–Kier alpha value is -3.86. The minimum Gasteiger partial charge on any atom is -0.478 e. The first-order valence-electron chi connectivity index (χ1n) is 10.6. The maximum atomic E-state index is 12.9. The minimum atomic E-state index is -1.38. The van der Waals surface area contributed by atoms with Gasteiger partial charge in [-0.25, -0.2) is 14.5 Å². The molecular weight excluding hydrogens is 543 g/mol. The van der Waals surface area contributed by atoms with Crippen molar-refractivity contribution in [3.8, 4) is 0 Å². The second kappa shape index (κ2) is 10.6. The predicted molar refractivity (Wildman–Crippen MR) is 138 cm³/mol. The number of rotatable bonds is 7. The highest BCUT2D eigenvalue weighted by Crippen LogP contribution is 2.36. The summed E-state index contributed by atoms with van der Waals surface area (Å²) in [5.74, 6) is -4.24. The highest BCUT2D eigenvalue weighted by atomic mass is 35.5. The third-order valence-electron chi connectivity index (χ3n) is 5.40. The first kappa shape index (κ1) is 26.2. The third-order valence-corrected chi connectivity index (χ3v) is 7.33. The number of hydrogen-bond donors (Lipinski definition) is 3. The Bertz CT molecular complexity index is 1460. The summed E-state index contributed by atoms with van der Waals surface area (Å²) in [5, 5.41) is 20.9. The Morgan fingerprint density at radius 1 is 0.865 bits per heavy atom. The van der Waals surface area contributed by atoms with Gasteiger partial charge in [0, 0.05) is 17.0 Å². The Kier molecular flexibility index (Phi) is 7.53. The summed E-state index contributed by atoms with van der Waals surface area (Å²) in [6.45, 7) is 0. The first-order chi connectivity index (χ1) is 17.5. The Labute approximate surface area is 224 Å². The van der Waals surface area contributed by atoms with Gasteiger partial charge >= 0.3 is 11.9 Å². The van der Waals surface area contributed by atoms with E-state index in [1.54, 1.807) is 24.3 Å². The number of carboxylic acid groups (broad SMARTS) is 2. The largest absolute Gasteiger partial charge is 0.478 e. The van der Waals surface area contributed by atoms with Gasteiger partial charge < -0.3 is 15.5 Å². The molecule has 3 aromatic carbocycles. The second-order valence-electron chi connectivity index (χ2n) is 7.83. The number of halogens is 2. The summed E-state index contributed by atoms with van der Waals surface area (Å²) in [7, 11) is 0. The Morgan fingerprint density at radius 2 is 1.57 bits per heavy atom. The molecule has 188 valence electrons. The van der Waals surface area contributed by atoms with Gasteiger partial charge in [0.2, 0.25) is 11.8 Å². The molecular formula is C25H16Cl2N2O7S. The fraction of sp³-hybridized carbons (Fsp3) is 0.0800. The number of hydrogen-bond acceptors (Lipinski definition) is 6. The van der Waals surface area contributed by atoms with Crippen LogP contribution in [-0.4, -0.2) is 45.1 Å². The lowest BCUT2D eigenvalue weighted by Crippen LogP contribution is -2.31. The van der Waals surface area contributed by atoms with Crippen molar-refractivity contribution >= 4 is 76.0 Å². The van der Waals surface area contributed by atoms with Crippen molar-refractivity contribution in [3.05, 3.63) is 87.4 Å². The molecule has 3 N–H and O–H groups in total. The Balaban J connectivity index is 1.46. The van der Waals surface area contributed by atoms with E-state index in [4.69, 9.17) is 28.3 Å². The maximum absolute atomic E-state index is 12.9. The van der Waals surface area contributed by atoms with Gasteiger partial charge in [0.15, 0.2) is 0 Å². The number of nitrogens with one attached hydrogen (secondary N) is 1. The third kappa shape index (κ3) is 5.61. The molecule has 0 radical (unpaired) electrons. The van der Waals surface area contributed by atoms with Crippen LogP contribution in [0.1, 0.15) is 37.5 Å². The van der Waals surface area contributed by atoms with Crippen LogP contribution in [0.5, 0.6) is 0 Å². The van der Waals surface area contributed by atoms with Crippen molar-refractivity contribution in [2.75, 3.05) is 10.2 Å². The van der Waals surface area contributed by atoms with Crippen molar-refractivity contribution in [1.82, 2.24) is 0 Å². The number of benzene rings is 3. The van der Waals surface area contributed by atoms with Crippen LogP contribution in [0.4, 0.5) is 11.4 Å². The van der Waals surface area contributed by atoms with E-state index in [9.17, 15) is 29.1 Å². The van der Waals surface area contributed by atoms with Crippen LogP contribution in [0.3, 0.4) is 0 Å². The molecule has 3 amide bonds. The van der Waals surface area contributed by atoms with Crippen LogP contribution in [0, 0.1) is 0 Å². The fourth-order valence-electron chi connectivity index (χ4n) is 3.62. The van der Waals surface area contributed by atoms with Crippen LogP contribution in [0.2, 0.25) is 10.0 Å². The zero-order chi connectivity index (χ0) is 26.9. The monoisotopic (exact) mass is 558 g/mol. The van der Waals surface area contributed by atoms with Crippen LogP contribution in [0.15, 0.2) is 65.6 Å². The molecule has 9 nitrogen and oxygen atoms in total. The quantitative estimate of drug-likeness (QED) is 0.341. The van der Waals surface area contributed by atoms with Crippen LogP contribution in [0.25, 0.3) is 0 Å². The van der Waals surface area contributed by atoms with Gasteiger partial charge in [-0.15, -0.1) is 11.8 Å². The molecule has 1 atom stereocenters. The molecule has 1 saturated heterocycles. The van der Waals surface area contributed by atoms with Crippen molar-refractivity contribution in [1.29, 1.82) is 0 Å². The lowest BCUT2D eigenvalue weighted by Gasteiger charge is -2.15. The lowest BCUT2D eigenvalue weighted by atomic mass is 10.0. The van der Waals surface area contributed by atoms with E-state index in [1.165, 1.54) is 30.0 Å². The van der Waals surface area contributed by atoms with Crippen molar-refractivity contribution in [2.45, 2.75) is 16.6 Å². The van der Waals surface area contributed by atoms with Gasteiger partial charge in [0.25, 0.3) is 5.91 Å². The number of aromatic carboxylic acids is 2. The molecule has 1 fully saturated rings. The molecule has 0 spiro atoms. The van der Waals surface area contributed by atoms with Gasteiger partial charge in [-0.1, -0.05) is 23.2 Å². The molecule has 12 heteroatoms. The average Bonchev–Trinajstić information content (AvgIpc) is 3.14. The molecule has 1 heterocycles. The normalized spacial score (nSPS) is 15.1. The van der Waals surface area contributed by atoms with Crippen molar-refractivity contribution < 1.29 is 34.2 Å². The molecule has 0 unspecified atom stereocenters. The number of anilines is 2. The summed E-state index contributed by atoms with van der Waals surface area (Å²) in [6.07, 6.45) is -0.0138. The summed E-state index contributed by atoms with van der Waals surface area (Å²) in [4.78, 5) is 62.5. The summed E-state index contributed by atoms with van der Waals surface area (Å²) in [5.41, 5.74) is -0.225. The summed E-state index contributed by atoms with van der Waals surface area (Å²) >= 11 is 13.1. The number of thioether (sulfide) groups is 1. The van der Waals surface area contributed by atoms with E-state index in [0.29, 0.717) is 21.3 Å². The van der Waals surface area contributed by atoms with Gasteiger partial charge in [-0.05, 0) is 60.7 Å². The zero-order valence-electron chi connectivity index (χ0n) is 18.6.